The fourth-order valence-corrected chi connectivity index (χ4v) is 3.48. The number of hydrogen-bond acceptors (Lipinski definition) is 3. The van der Waals surface area contributed by atoms with Crippen molar-refractivity contribution in [2.24, 2.45) is 0 Å². The van der Waals surface area contributed by atoms with E-state index in [1.807, 2.05) is 42.5 Å². The molecule has 1 atom stereocenters. The van der Waals surface area contributed by atoms with Crippen molar-refractivity contribution in [2.45, 2.75) is 12.5 Å². The molecule has 0 aliphatic heterocycles. The molecule has 4 aromatic rings. The second-order valence-corrected chi connectivity index (χ2v) is 7.29. The minimum atomic E-state index is -1.14. The summed E-state index contributed by atoms with van der Waals surface area (Å²) in [5, 5.41) is 14.7. The Morgan fingerprint density at radius 2 is 1.93 bits per heavy atom. The summed E-state index contributed by atoms with van der Waals surface area (Å²) in [5.74, 6) is -1.17. The van der Waals surface area contributed by atoms with E-state index in [4.69, 9.17) is 11.6 Å². The topological polar surface area (TPSA) is 95.1 Å². The minimum absolute atomic E-state index is 0.0233. The van der Waals surface area contributed by atoms with Gasteiger partial charge >= 0.3 is 5.97 Å². The van der Waals surface area contributed by atoms with Gasteiger partial charge in [-0.2, -0.15) is 0 Å². The van der Waals surface area contributed by atoms with Crippen LogP contribution >= 0.6 is 11.6 Å². The Labute approximate surface area is 177 Å². The number of hydrogen-bond donors (Lipinski definition) is 3. The van der Waals surface area contributed by atoms with Gasteiger partial charge in [0.2, 0.25) is 5.91 Å². The van der Waals surface area contributed by atoms with Gasteiger partial charge in [-0.1, -0.05) is 54.1 Å². The van der Waals surface area contributed by atoms with Gasteiger partial charge in [-0.25, -0.2) is 9.78 Å². The number of amides is 1. The maximum Gasteiger partial charge on any atom is 0.326 e. The van der Waals surface area contributed by atoms with Crippen LogP contribution in [0.15, 0.2) is 66.7 Å². The number of aromatic amines is 1. The molecule has 7 heteroatoms. The van der Waals surface area contributed by atoms with Gasteiger partial charge in [-0.05, 0) is 40.6 Å². The summed E-state index contributed by atoms with van der Waals surface area (Å²) in [7, 11) is 0. The van der Waals surface area contributed by atoms with Gasteiger partial charge in [0.05, 0.1) is 11.0 Å². The molecule has 3 aromatic carbocycles. The van der Waals surface area contributed by atoms with Crippen LogP contribution in [0.1, 0.15) is 11.4 Å². The molecule has 1 amide bonds. The zero-order valence-corrected chi connectivity index (χ0v) is 16.6. The van der Waals surface area contributed by atoms with Crippen LogP contribution < -0.4 is 5.32 Å². The van der Waals surface area contributed by atoms with Crippen LogP contribution in [0.2, 0.25) is 5.02 Å². The SMILES string of the molecule is O=C(/C=C/c1cccc2ccccc12)N[C@H](Cc1nc2ccc(Cl)cc2[nH]1)C(=O)O. The van der Waals surface area contributed by atoms with E-state index in [0.29, 0.717) is 21.9 Å². The monoisotopic (exact) mass is 419 g/mol. The number of carboxylic acids is 1. The summed E-state index contributed by atoms with van der Waals surface area (Å²) in [6, 6.07) is 17.7. The average Bonchev–Trinajstić information content (AvgIpc) is 3.13. The molecule has 0 unspecified atom stereocenters. The van der Waals surface area contributed by atoms with Crippen molar-refractivity contribution in [1.29, 1.82) is 0 Å². The zero-order chi connectivity index (χ0) is 21.1. The number of carboxylic acid groups (broad SMARTS) is 1. The number of carbonyl (C=O) groups is 2. The predicted octanol–water partition coefficient (Wildman–Crippen LogP) is 4.19. The van der Waals surface area contributed by atoms with Crippen molar-refractivity contribution in [3.05, 3.63) is 83.2 Å². The lowest BCUT2D eigenvalue weighted by Gasteiger charge is -2.11. The van der Waals surface area contributed by atoms with E-state index in [2.05, 4.69) is 15.3 Å². The van der Waals surface area contributed by atoms with Gasteiger partial charge in [-0.3, -0.25) is 4.79 Å². The van der Waals surface area contributed by atoms with Gasteiger partial charge in [0.15, 0.2) is 0 Å². The lowest BCUT2D eigenvalue weighted by Crippen LogP contribution is -2.41. The highest BCUT2D eigenvalue weighted by Gasteiger charge is 2.21. The van der Waals surface area contributed by atoms with Crippen LogP contribution in [0.25, 0.3) is 27.9 Å². The van der Waals surface area contributed by atoms with E-state index >= 15 is 0 Å². The second-order valence-electron chi connectivity index (χ2n) is 6.85. The van der Waals surface area contributed by atoms with Gasteiger partial charge in [0.1, 0.15) is 11.9 Å². The van der Waals surface area contributed by atoms with Crippen LogP contribution in [0, 0.1) is 0 Å². The smallest absolute Gasteiger partial charge is 0.326 e. The number of imidazole rings is 1. The fraction of sp³-hybridized carbons (Fsp3) is 0.0870. The Balaban J connectivity index is 1.49. The molecule has 0 bridgehead atoms. The van der Waals surface area contributed by atoms with Crippen molar-refractivity contribution in [1.82, 2.24) is 15.3 Å². The van der Waals surface area contributed by atoms with Crippen LogP contribution in [-0.4, -0.2) is 33.0 Å². The summed E-state index contributed by atoms with van der Waals surface area (Å²) in [4.78, 5) is 31.4. The van der Waals surface area contributed by atoms with Crippen molar-refractivity contribution < 1.29 is 14.7 Å². The number of benzene rings is 3. The third kappa shape index (κ3) is 4.34. The van der Waals surface area contributed by atoms with E-state index in [1.165, 1.54) is 6.08 Å². The quantitative estimate of drug-likeness (QED) is 0.408. The normalized spacial score (nSPS) is 12.4. The number of halogens is 1. The lowest BCUT2D eigenvalue weighted by atomic mass is 10.0. The lowest BCUT2D eigenvalue weighted by molar-refractivity contribution is -0.141. The summed E-state index contributed by atoms with van der Waals surface area (Å²) in [6.45, 7) is 0. The summed E-state index contributed by atoms with van der Waals surface area (Å²) in [6.07, 6.45) is 3.05. The standard InChI is InChI=1S/C23H18ClN3O3/c24-16-9-10-18-19(12-16)26-21(25-18)13-20(23(29)30)27-22(28)11-8-15-6-3-5-14-4-1-2-7-17(14)15/h1-12,20H,13H2,(H,25,26)(H,27,28)(H,29,30)/b11-8+/t20-/m1/s1. The van der Waals surface area contributed by atoms with Crippen molar-refractivity contribution in [3.63, 3.8) is 0 Å². The van der Waals surface area contributed by atoms with Gasteiger partial charge < -0.3 is 15.4 Å². The molecular formula is C23H18ClN3O3. The molecule has 0 spiro atoms. The van der Waals surface area contributed by atoms with Crippen LogP contribution in [-0.2, 0) is 16.0 Å². The molecule has 0 aliphatic rings. The zero-order valence-electron chi connectivity index (χ0n) is 15.8. The van der Waals surface area contributed by atoms with Gasteiger partial charge in [0.25, 0.3) is 0 Å². The molecule has 0 saturated heterocycles. The Morgan fingerprint density at radius 1 is 1.13 bits per heavy atom. The molecule has 1 heterocycles. The first-order valence-electron chi connectivity index (χ1n) is 9.33. The Morgan fingerprint density at radius 3 is 2.77 bits per heavy atom. The van der Waals surface area contributed by atoms with E-state index < -0.39 is 17.9 Å². The number of aliphatic carboxylic acids is 1. The molecule has 4 rings (SSSR count). The van der Waals surface area contributed by atoms with Crippen LogP contribution in [0.3, 0.4) is 0 Å². The highest BCUT2D eigenvalue weighted by atomic mass is 35.5. The number of H-pyrrole nitrogens is 1. The number of carbonyl (C=O) groups excluding carboxylic acids is 1. The van der Waals surface area contributed by atoms with Crippen molar-refractivity contribution in [3.8, 4) is 0 Å². The molecule has 0 saturated carbocycles. The molecule has 150 valence electrons. The first-order chi connectivity index (χ1) is 14.5. The van der Waals surface area contributed by atoms with Gasteiger partial charge in [-0.15, -0.1) is 0 Å². The number of nitrogens with zero attached hydrogens (tertiary/aromatic N) is 1. The molecule has 3 N–H and O–H groups in total. The molecule has 0 fully saturated rings. The largest absolute Gasteiger partial charge is 0.480 e. The van der Waals surface area contributed by atoms with E-state index in [9.17, 15) is 14.7 Å². The highest BCUT2D eigenvalue weighted by molar-refractivity contribution is 6.31. The third-order valence-electron chi connectivity index (χ3n) is 4.74. The Hall–Kier alpha value is -3.64. The average molecular weight is 420 g/mol. The summed E-state index contributed by atoms with van der Waals surface area (Å²) in [5.41, 5.74) is 2.27. The Kier molecular flexibility index (Phi) is 5.50. The summed E-state index contributed by atoms with van der Waals surface area (Å²) >= 11 is 5.97. The Bertz CT molecular complexity index is 1270. The molecule has 1 aromatic heterocycles. The van der Waals surface area contributed by atoms with Gasteiger partial charge in [0, 0.05) is 17.5 Å². The number of rotatable bonds is 6. The number of nitrogens with one attached hydrogen (secondary N) is 2. The molecule has 6 nitrogen and oxygen atoms in total. The van der Waals surface area contributed by atoms with Crippen molar-refractivity contribution >= 4 is 51.4 Å². The van der Waals surface area contributed by atoms with E-state index in [-0.39, 0.29) is 6.42 Å². The first-order valence-corrected chi connectivity index (χ1v) is 9.71. The highest BCUT2D eigenvalue weighted by Crippen LogP contribution is 2.20. The number of aromatic nitrogens is 2. The molecule has 0 aliphatic carbocycles. The first kappa shape index (κ1) is 19.7. The third-order valence-corrected chi connectivity index (χ3v) is 4.98. The predicted molar refractivity (Wildman–Crippen MR) is 117 cm³/mol. The van der Waals surface area contributed by atoms with E-state index in [1.54, 1.807) is 24.3 Å². The maximum atomic E-state index is 12.4. The van der Waals surface area contributed by atoms with Crippen LogP contribution in [0.4, 0.5) is 0 Å². The fourth-order valence-electron chi connectivity index (χ4n) is 3.31. The van der Waals surface area contributed by atoms with Crippen molar-refractivity contribution in [2.75, 3.05) is 0 Å². The molecular weight excluding hydrogens is 402 g/mol. The number of fused-ring (bicyclic) bond motifs is 2. The summed E-state index contributed by atoms with van der Waals surface area (Å²) < 4.78 is 0. The van der Waals surface area contributed by atoms with E-state index in [0.717, 1.165) is 16.3 Å². The van der Waals surface area contributed by atoms with Crippen LogP contribution in [0.5, 0.6) is 0 Å². The maximum absolute atomic E-state index is 12.4. The second kappa shape index (κ2) is 8.39. The molecule has 0 radical (unpaired) electrons. The minimum Gasteiger partial charge on any atom is -0.480 e. The molecule has 30 heavy (non-hydrogen) atoms.